The minimum Gasteiger partial charge on any atom is -0.207 e. The molecule has 15 heavy (non-hydrogen) atoms. The fourth-order valence-electron chi connectivity index (χ4n) is 1.70. The lowest BCUT2D eigenvalue weighted by atomic mass is 9.92. The number of halogens is 1. The van der Waals surface area contributed by atoms with Gasteiger partial charge in [0, 0.05) is 0 Å². The normalized spacial score (nSPS) is 12.6. The van der Waals surface area contributed by atoms with Crippen molar-refractivity contribution < 1.29 is 4.39 Å². The summed E-state index contributed by atoms with van der Waals surface area (Å²) in [7, 11) is 0. The number of fused-ring (bicyclic) bond motifs is 1. The van der Waals surface area contributed by atoms with Gasteiger partial charge in [0.25, 0.3) is 0 Å². The van der Waals surface area contributed by atoms with Gasteiger partial charge in [-0.15, -0.1) is 0 Å². The van der Waals surface area contributed by atoms with Crippen molar-refractivity contribution in [2.75, 3.05) is 0 Å². The van der Waals surface area contributed by atoms with Gasteiger partial charge in [-0.25, -0.2) is 4.39 Å². The molecule has 0 saturated carbocycles. The maximum absolute atomic E-state index is 12.7. The Labute approximate surface area is 93.5 Å². The number of hydrogen-bond donors (Lipinski definition) is 0. The standard InChI is InChI=1S/C10H11F.2C2H6/c11-10-6-5-8-3-1-2-4-9(8)7-10;2*1-2/h5-7H,1-4H2;2*1-2H3. The zero-order chi connectivity index (χ0) is 11.7. The number of aryl methyl sites for hydroxylation is 2. The Morgan fingerprint density at radius 3 is 2.00 bits per heavy atom. The second-order valence-corrected chi connectivity index (χ2v) is 3.12. The number of benzene rings is 1. The molecule has 0 amide bonds. The summed E-state index contributed by atoms with van der Waals surface area (Å²) in [5.74, 6) is -0.0920. The van der Waals surface area contributed by atoms with Gasteiger partial charge in [0.05, 0.1) is 0 Å². The van der Waals surface area contributed by atoms with Crippen LogP contribution >= 0.6 is 0 Å². The van der Waals surface area contributed by atoms with E-state index in [1.807, 2.05) is 33.8 Å². The van der Waals surface area contributed by atoms with E-state index in [1.165, 1.54) is 24.0 Å². The van der Waals surface area contributed by atoms with E-state index in [2.05, 4.69) is 0 Å². The topological polar surface area (TPSA) is 0 Å². The molecule has 0 fully saturated rings. The summed E-state index contributed by atoms with van der Waals surface area (Å²) in [5.41, 5.74) is 2.56. The van der Waals surface area contributed by atoms with Gasteiger partial charge in [-0.2, -0.15) is 0 Å². The second-order valence-electron chi connectivity index (χ2n) is 3.12. The molecule has 0 heterocycles. The van der Waals surface area contributed by atoms with Crippen molar-refractivity contribution in [2.24, 2.45) is 0 Å². The first-order valence-electron chi connectivity index (χ1n) is 6.13. The summed E-state index contributed by atoms with van der Waals surface area (Å²) in [6.07, 6.45) is 4.68. The van der Waals surface area contributed by atoms with Crippen LogP contribution in [0, 0.1) is 5.82 Å². The highest BCUT2D eigenvalue weighted by atomic mass is 19.1. The van der Waals surface area contributed by atoms with Gasteiger partial charge in [-0.05, 0) is 48.9 Å². The van der Waals surface area contributed by atoms with Crippen LogP contribution in [0.3, 0.4) is 0 Å². The van der Waals surface area contributed by atoms with Crippen LogP contribution in [0.5, 0.6) is 0 Å². The van der Waals surface area contributed by atoms with Gasteiger partial charge in [0.15, 0.2) is 0 Å². The predicted molar refractivity (Wildman–Crippen MR) is 65.7 cm³/mol. The highest BCUT2D eigenvalue weighted by Crippen LogP contribution is 2.21. The minimum absolute atomic E-state index is 0.0920. The Balaban J connectivity index is 0.000000442. The predicted octanol–water partition coefficient (Wildman–Crippen LogP) is 4.76. The van der Waals surface area contributed by atoms with Crippen LogP contribution in [-0.4, -0.2) is 0 Å². The Morgan fingerprint density at radius 2 is 1.40 bits per heavy atom. The highest BCUT2D eigenvalue weighted by molar-refractivity contribution is 5.29. The van der Waals surface area contributed by atoms with Crippen molar-refractivity contribution in [3.63, 3.8) is 0 Å². The molecule has 0 bridgehead atoms. The van der Waals surface area contributed by atoms with Crippen molar-refractivity contribution in [1.82, 2.24) is 0 Å². The largest absolute Gasteiger partial charge is 0.207 e. The highest BCUT2D eigenvalue weighted by Gasteiger charge is 2.08. The fraction of sp³-hybridized carbons (Fsp3) is 0.571. The first-order valence-corrected chi connectivity index (χ1v) is 6.13. The van der Waals surface area contributed by atoms with Crippen molar-refractivity contribution >= 4 is 0 Å². The lowest BCUT2D eigenvalue weighted by Crippen LogP contribution is -2.02. The average Bonchev–Trinajstić information content (AvgIpc) is 2.34. The SMILES string of the molecule is CC.CC.Fc1ccc2c(c1)CCCC2. The molecule has 1 aromatic carbocycles. The van der Waals surface area contributed by atoms with Gasteiger partial charge < -0.3 is 0 Å². The van der Waals surface area contributed by atoms with Crippen LogP contribution in [0.4, 0.5) is 4.39 Å². The molecular formula is C14H23F. The summed E-state index contributed by atoms with van der Waals surface area (Å²) >= 11 is 0. The monoisotopic (exact) mass is 210 g/mol. The Hall–Kier alpha value is -0.850. The number of rotatable bonds is 0. The molecule has 1 aliphatic rings. The molecule has 0 atom stereocenters. The molecule has 1 heteroatoms. The molecule has 0 aliphatic heterocycles. The summed E-state index contributed by atoms with van der Waals surface area (Å²) in [6, 6.07) is 5.16. The van der Waals surface area contributed by atoms with Crippen LogP contribution in [0.1, 0.15) is 51.7 Å². The molecule has 0 nitrogen and oxygen atoms in total. The fourth-order valence-corrected chi connectivity index (χ4v) is 1.70. The lowest BCUT2D eigenvalue weighted by molar-refractivity contribution is 0.614. The maximum atomic E-state index is 12.7. The van der Waals surface area contributed by atoms with Gasteiger partial charge in [-0.3, -0.25) is 0 Å². The molecule has 2 rings (SSSR count). The third-order valence-electron chi connectivity index (χ3n) is 2.31. The van der Waals surface area contributed by atoms with Crippen molar-refractivity contribution in [3.05, 3.63) is 35.1 Å². The van der Waals surface area contributed by atoms with Crippen LogP contribution in [0.2, 0.25) is 0 Å². The van der Waals surface area contributed by atoms with E-state index in [0.29, 0.717) is 0 Å². The first kappa shape index (κ1) is 14.2. The zero-order valence-corrected chi connectivity index (χ0v) is 10.4. The molecule has 0 unspecified atom stereocenters. The third kappa shape index (κ3) is 4.46. The van der Waals surface area contributed by atoms with E-state index < -0.39 is 0 Å². The van der Waals surface area contributed by atoms with Crippen LogP contribution in [0.25, 0.3) is 0 Å². The molecule has 1 aliphatic carbocycles. The Kier molecular flexibility index (Phi) is 7.98. The third-order valence-corrected chi connectivity index (χ3v) is 2.31. The molecule has 0 spiro atoms. The van der Waals surface area contributed by atoms with E-state index in [4.69, 9.17) is 0 Å². The minimum atomic E-state index is -0.0920. The van der Waals surface area contributed by atoms with Crippen LogP contribution < -0.4 is 0 Å². The maximum Gasteiger partial charge on any atom is 0.123 e. The van der Waals surface area contributed by atoms with Gasteiger partial charge in [0.2, 0.25) is 0 Å². The zero-order valence-electron chi connectivity index (χ0n) is 10.4. The van der Waals surface area contributed by atoms with E-state index in [9.17, 15) is 4.39 Å². The first-order chi connectivity index (χ1) is 7.36. The molecule has 0 N–H and O–H groups in total. The van der Waals surface area contributed by atoms with Crippen molar-refractivity contribution in [3.8, 4) is 0 Å². The van der Waals surface area contributed by atoms with E-state index in [-0.39, 0.29) is 5.82 Å². The van der Waals surface area contributed by atoms with Gasteiger partial charge in [0.1, 0.15) is 5.82 Å². The molecular weight excluding hydrogens is 187 g/mol. The smallest absolute Gasteiger partial charge is 0.123 e. The quantitative estimate of drug-likeness (QED) is 0.579. The van der Waals surface area contributed by atoms with Crippen LogP contribution in [0.15, 0.2) is 18.2 Å². The van der Waals surface area contributed by atoms with Crippen molar-refractivity contribution in [2.45, 2.75) is 53.4 Å². The Morgan fingerprint density at radius 1 is 0.867 bits per heavy atom. The molecule has 0 radical (unpaired) electrons. The van der Waals surface area contributed by atoms with E-state index >= 15 is 0 Å². The van der Waals surface area contributed by atoms with Gasteiger partial charge in [-0.1, -0.05) is 33.8 Å². The average molecular weight is 210 g/mol. The molecule has 0 saturated heterocycles. The summed E-state index contributed by atoms with van der Waals surface area (Å²) in [4.78, 5) is 0. The second kappa shape index (κ2) is 8.46. The van der Waals surface area contributed by atoms with E-state index in [0.717, 1.165) is 12.8 Å². The molecule has 1 aromatic rings. The van der Waals surface area contributed by atoms with Crippen LogP contribution in [-0.2, 0) is 12.8 Å². The summed E-state index contributed by atoms with van der Waals surface area (Å²) < 4.78 is 12.7. The molecule has 0 aromatic heterocycles. The number of hydrogen-bond acceptors (Lipinski definition) is 0. The summed E-state index contributed by atoms with van der Waals surface area (Å²) in [6.45, 7) is 8.00. The van der Waals surface area contributed by atoms with E-state index in [1.54, 1.807) is 12.1 Å². The van der Waals surface area contributed by atoms with Crippen molar-refractivity contribution in [1.29, 1.82) is 0 Å². The summed E-state index contributed by atoms with van der Waals surface area (Å²) in [5, 5.41) is 0. The molecule has 86 valence electrons. The Bertz CT molecular complexity index is 266. The van der Waals surface area contributed by atoms with Gasteiger partial charge >= 0.3 is 0 Å². The lowest BCUT2D eigenvalue weighted by Gasteiger charge is -2.14.